The van der Waals surface area contributed by atoms with Crippen LogP contribution in [0.1, 0.15) is 63.7 Å². The maximum Gasteiger partial charge on any atom is 0.0996 e. The molecule has 4 heteroatoms. The second kappa shape index (κ2) is 6.71. The summed E-state index contributed by atoms with van der Waals surface area (Å²) in [6.07, 6.45) is 9.91. The number of hydrogen-bond donors (Lipinski definition) is 1. The van der Waals surface area contributed by atoms with E-state index in [4.69, 9.17) is 0 Å². The van der Waals surface area contributed by atoms with Crippen LogP contribution in [0.3, 0.4) is 0 Å². The Morgan fingerprint density at radius 3 is 2.67 bits per heavy atom. The summed E-state index contributed by atoms with van der Waals surface area (Å²) in [6.45, 7) is 3.02. The highest BCUT2D eigenvalue weighted by Crippen LogP contribution is 2.36. The minimum Gasteiger partial charge on any atom is -0.386 e. The van der Waals surface area contributed by atoms with Crippen molar-refractivity contribution < 1.29 is 5.11 Å². The summed E-state index contributed by atoms with van der Waals surface area (Å²) in [6, 6.07) is 0. The number of aliphatic hydroxyl groups excluding tert-OH is 1. The zero-order chi connectivity index (χ0) is 13.0. The van der Waals surface area contributed by atoms with Crippen molar-refractivity contribution in [2.24, 2.45) is 5.92 Å². The molecule has 1 aliphatic carbocycles. The van der Waals surface area contributed by atoms with Crippen LogP contribution >= 0.6 is 15.9 Å². The van der Waals surface area contributed by atoms with Crippen LogP contribution in [-0.4, -0.2) is 14.9 Å². The third-order valence-corrected chi connectivity index (χ3v) is 4.51. The maximum atomic E-state index is 10.7. The number of hydrogen-bond acceptors (Lipinski definition) is 2. The van der Waals surface area contributed by atoms with E-state index in [1.54, 1.807) is 0 Å². The minimum absolute atomic E-state index is 0.369. The van der Waals surface area contributed by atoms with Gasteiger partial charge in [-0.3, -0.25) is 4.68 Å². The van der Waals surface area contributed by atoms with Gasteiger partial charge in [0.1, 0.15) is 0 Å². The van der Waals surface area contributed by atoms with Crippen LogP contribution in [0, 0.1) is 5.92 Å². The second-order valence-electron chi connectivity index (χ2n) is 5.30. The summed E-state index contributed by atoms with van der Waals surface area (Å²) in [4.78, 5) is 0. The molecule has 1 N–H and O–H groups in total. The molecule has 1 atom stereocenters. The molecule has 0 spiro atoms. The van der Waals surface area contributed by atoms with Crippen molar-refractivity contribution in [3.05, 3.63) is 16.4 Å². The summed E-state index contributed by atoms with van der Waals surface area (Å²) in [5.41, 5.74) is 0.976. The number of aromatic nitrogens is 2. The molecular formula is C14H23BrN2O. The van der Waals surface area contributed by atoms with Gasteiger partial charge in [0.05, 0.1) is 22.5 Å². The lowest BCUT2D eigenvalue weighted by Gasteiger charge is -2.22. The molecule has 1 aromatic rings. The summed E-state index contributed by atoms with van der Waals surface area (Å²) in [5, 5.41) is 15.0. The van der Waals surface area contributed by atoms with Gasteiger partial charge in [-0.15, -0.1) is 0 Å². The van der Waals surface area contributed by atoms with Gasteiger partial charge in [-0.2, -0.15) is 5.10 Å². The monoisotopic (exact) mass is 314 g/mol. The summed E-state index contributed by atoms with van der Waals surface area (Å²) < 4.78 is 2.91. The van der Waals surface area contributed by atoms with Crippen molar-refractivity contribution in [2.45, 2.75) is 64.5 Å². The zero-order valence-electron chi connectivity index (χ0n) is 11.1. The van der Waals surface area contributed by atoms with E-state index < -0.39 is 0 Å². The molecule has 0 amide bonds. The largest absolute Gasteiger partial charge is 0.386 e. The van der Waals surface area contributed by atoms with Crippen molar-refractivity contribution in [1.29, 1.82) is 0 Å². The van der Waals surface area contributed by atoms with Crippen LogP contribution in [0.2, 0.25) is 0 Å². The molecule has 0 radical (unpaired) electrons. The highest BCUT2D eigenvalue weighted by Gasteiger charge is 2.26. The Labute approximate surface area is 118 Å². The lowest BCUT2D eigenvalue weighted by atomic mass is 9.92. The van der Waals surface area contributed by atoms with E-state index in [9.17, 15) is 5.11 Å². The van der Waals surface area contributed by atoms with Gasteiger partial charge in [-0.25, -0.2) is 0 Å². The molecule has 2 rings (SSSR count). The first-order chi connectivity index (χ1) is 8.74. The molecular weight excluding hydrogens is 292 g/mol. The standard InChI is InChI=1S/C14H23BrN2O/c1-2-9-17-13(12(15)10-16-17)14(18)11-7-5-3-4-6-8-11/h10-11,14,18H,2-9H2,1H3. The SMILES string of the molecule is CCCn1ncc(Br)c1C(O)C1CCCCCC1. The molecule has 3 nitrogen and oxygen atoms in total. The van der Waals surface area contributed by atoms with E-state index in [0.29, 0.717) is 5.92 Å². The first kappa shape index (κ1) is 14.1. The highest BCUT2D eigenvalue weighted by atomic mass is 79.9. The van der Waals surface area contributed by atoms with E-state index in [2.05, 4.69) is 28.0 Å². The molecule has 18 heavy (non-hydrogen) atoms. The van der Waals surface area contributed by atoms with Gasteiger partial charge < -0.3 is 5.11 Å². The topological polar surface area (TPSA) is 38.0 Å². The number of nitrogens with zero attached hydrogens (tertiary/aromatic N) is 2. The Hall–Kier alpha value is -0.350. The van der Waals surface area contributed by atoms with Gasteiger partial charge in [-0.05, 0) is 41.1 Å². The van der Waals surface area contributed by atoms with Gasteiger partial charge in [0, 0.05) is 6.54 Å². The van der Waals surface area contributed by atoms with Crippen LogP contribution < -0.4 is 0 Å². The van der Waals surface area contributed by atoms with E-state index in [-0.39, 0.29) is 6.10 Å². The van der Waals surface area contributed by atoms with Gasteiger partial charge in [-0.1, -0.05) is 32.6 Å². The Balaban J connectivity index is 2.15. The molecule has 1 fully saturated rings. The fourth-order valence-electron chi connectivity index (χ4n) is 2.91. The van der Waals surface area contributed by atoms with Crippen LogP contribution in [0.4, 0.5) is 0 Å². The maximum absolute atomic E-state index is 10.7. The Morgan fingerprint density at radius 2 is 2.06 bits per heavy atom. The molecule has 0 bridgehead atoms. The number of rotatable bonds is 4. The number of aryl methyl sites for hydroxylation is 1. The lowest BCUT2D eigenvalue weighted by molar-refractivity contribution is 0.0891. The quantitative estimate of drug-likeness (QED) is 0.851. The van der Waals surface area contributed by atoms with Crippen molar-refractivity contribution >= 4 is 15.9 Å². The van der Waals surface area contributed by atoms with Crippen LogP contribution in [0.25, 0.3) is 0 Å². The molecule has 0 saturated heterocycles. The third kappa shape index (κ3) is 3.15. The minimum atomic E-state index is -0.369. The highest BCUT2D eigenvalue weighted by molar-refractivity contribution is 9.10. The Morgan fingerprint density at radius 1 is 1.39 bits per heavy atom. The van der Waals surface area contributed by atoms with Gasteiger partial charge in [0.15, 0.2) is 0 Å². The first-order valence-corrected chi connectivity index (χ1v) is 7.92. The average Bonchev–Trinajstić information content (AvgIpc) is 2.58. The summed E-state index contributed by atoms with van der Waals surface area (Å²) in [5.74, 6) is 0.399. The summed E-state index contributed by atoms with van der Waals surface area (Å²) >= 11 is 3.53. The van der Waals surface area contributed by atoms with Gasteiger partial charge in [0.25, 0.3) is 0 Å². The van der Waals surface area contributed by atoms with Crippen molar-refractivity contribution in [3.8, 4) is 0 Å². The van der Waals surface area contributed by atoms with E-state index in [1.807, 2.05) is 10.9 Å². The predicted octanol–water partition coefficient (Wildman–Crippen LogP) is 4.06. The van der Waals surface area contributed by atoms with Crippen LogP contribution in [0.15, 0.2) is 10.7 Å². The molecule has 102 valence electrons. The van der Waals surface area contributed by atoms with Crippen LogP contribution in [-0.2, 0) is 6.54 Å². The van der Waals surface area contributed by atoms with Crippen molar-refractivity contribution in [1.82, 2.24) is 9.78 Å². The normalized spacial score (nSPS) is 19.7. The zero-order valence-corrected chi connectivity index (χ0v) is 12.7. The van der Waals surface area contributed by atoms with E-state index in [0.717, 1.165) is 36.0 Å². The molecule has 1 heterocycles. The average molecular weight is 315 g/mol. The van der Waals surface area contributed by atoms with E-state index >= 15 is 0 Å². The third-order valence-electron chi connectivity index (χ3n) is 3.90. The summed E-state index contributed by atoms with van der Waals surface area (Å²) in [7, 11) is 0. The Bertz CT molecular complexity index is 370. The smallest absolute Gasteiger partial charge is 0.0996 e. The van der Waals surface area contributed by atoms with Gasteiger partial charge in [0.2, 0.25) is 0 Å². The first-order valence-electron chi connectivity index (χ1n) is 7.13. The van der Waals surface area contributed by atoms with Gasteiger partial charge >= 0.3 is 0 Å². The second-order valence-corrected chi connectivity index (χ2v) is 6.15. The number of aliphatic hydroxyl groups is 1. The molecule has 1 saturated carbocycles. The molecule has 0 aliphatic heterocycles. The lowest BCUT2D eigenvalue weighted by Crippen LogP contribution is -2.17. The predicted molar refractivity (Wildman–Crippen MR) is 76.4 cm³/mol. The van der Waals surface area contributed by atoms with E-state index in [1.165, 1.54) is 25.7 Å². The number of halogens is 1. The van der Waals surface area contributed by atoms with Crippen molar-refractivity contribution in [3.63, 3.8) is 0 Å². The molecule has 1 unspecified atom stereocenters. The molecule has 0 aromatic carbocycles. The molecule has 1 aliphatic rings. The van der Waals surface area contributed by atoms with Crippen LogP contribution in [0.5, 0.6) is 0 Å². The molecule has 1 aromatic heterocycles. The fourth-order valence-corrected chi connectivity index (χ4v) is 3.44. The fraction of sp³-hybridized carbons (Fsp3) is 0.786. The van der Waals surface area contributed by atoms with Crippen molar-refractivity contribution in [2.75, 3.05) is 0 Å². The Kier molecular flexibility index (Phi) is 5.25.